The second-order valence-corrected chi connectivity index (χ2v) is 5.22. The third-order valence-electron chi connectivity index (χ3n) is 2.63. The maximum absolute atomic E-state index is 13.1. The highest BCUT2D eigenvalue weighted by atomic mass is 79.9. The predicted molar refractivity (Wildman–Crippen MR) is 79.4 cm³/mol. The van der Waals surface area contributed by atoms with E-state index >= 15 is 0 Å². The van der Waals surface area contributed by atoms with Crippen LogP contribution in [0.25, 0.3) is 0 Å². The Hall–Kier alpha value is -1.60. The number of nitrogens with one attached hydrogen (secondary N) is 1. The predicted octanol–water partition coefficient (Wildman–Crippen LogP) is 3.29. The van der Waals surface area contributed by atoms with Gasteiger partial charge in [0.1, 0.15) is 11.5 Å². The number of amides is 1. The lowest BCUT2D eigenvalue weighted by molar-refractivity contribution is 0.101. The summed E-state index contributed by atoms with van der Waals surface area (Å²) in [7, 11) is 0. The van der Waals surface area contributed by atoms with Crippen molar-refractivity contribution in [1.82, 2.24) is 9.78 Å². The smallest absolute Gasteiger partial charge is 0.276 e. The van der Waals surface area contributed by atoms with Crippen LogP contribution in [0.15, 0.2) is 22.8 Å². The van der Waals surface area contributed by atoms with Crippen LogP contribution in [-0.4, -0.2) is 15.7 Å². The lowest BCUT2D eigenvalue weighted by Gasteiger charge is -2.11. The molecule has 0 radical (unpaired) electrons. The second kappa shape index (κ2) is 5.80. The normalized spacial score (nSPS) is 10.6. The molecule has 0 atom stereocenters. The molecule has 8 heteroatoms. The number of anilines is 2. The molecule has 2 rings (SSSR count). The number of carbonyl (C=O) groups excluding carboxylic acids is 1. The Labute approximate surface area is 128 Å². The van der Waals surface area contributed by atoms with Crippen LogP contribution in [0.3, 0.4) is 0 Å². The van der Waals surface area contributed by atoms with E-state index in [1.165, 1.54) is 16.9 Å². The van der Waals surface area contributed by atoms with Gasteiger partial charge in [0.2, 0.25) is 0 Å². The molecule has 0 saturated heterocycles. The number of hydrogen-bond acceptors (Lipinski definition) is 3. The number of carbonyl (C=O) groups is 1. The van der Waals surface area contributed by atoms with Crippen molar-refractivity contribution < 1.29 is 9.18 Å². The Balaban J connectivity index is 2.35. The molecular weight excluding hydrogens is 351 g/mol. The van der Waals surface area contributed by atoms with Gasteiger partial charge in [-0.25, -0.2) is 4.39 Å². The minimum atomic E-state index is -0.502. The molecule has 0 spiro atoms. The molecule has 2 aromatic rings. The van der Waals surface area contributed by atoms with Crippen molar-refractivity contribution in [2.24, 2.45) is 0 Å². The summed E-state index contributed by atoms with van der Waals surface area (Å²) in [5.41, 5.74) is 6.50. The van der Waals surface area contributed by atoms with Crippen LogP contribution in [0.4, 0.5) is 15.8 Å². The van der Waals surface area contributed by atoms with Gasteiger partial charge in [-0.05, 0) is 35.0 Å². The Bertz CT molecular complexity index is 650. The minimum absolute atomic E-state index is 0.0892. The average molecular weight is 362 g/mol. The van der Waals surface area contributed by atoms with Crippen molar-refractivity contribution in [3.05, 3.63) is 39.3 Å². The molecule has 0 aliphatic rings. The number of rotatable bonds is 3. The van der Waals surface area contributed by atoms with E-state index in [9.17, 15) is 9.18 Å². The van der Waals surface area contributed by atoms with Gasteiger partial charge in [-0.1, -0.05) is 11.6 Å². The van der Waals surface area contributed by atoms with E-state index in [0.29, 0.717) is 11.0 Å². The van der Waals surface area contributed by atoms with Gasteiger partial charge in [0.15, 0.2) is 0 Å². The zero-order valence-corrected chi connectivity index (χ0v) is 12.8. The summed E-state index contributed by atoms with van der Waals surface area (Å²) in [5, 5.41) is 6.67. The number of aromatic nitrogens is 2. The minimum Gasteiger partial charge on any atom is -0.396 e. The Morgan fingerprint density at radius 2 is 2.30 bits per heavy atom. The van der Waals surface area contributed by atoms with E-state index in [0.717, 1.165) is 6.07 Å². The van der Waals surface area contributed by atoms with Gasteiger partial charge in [-0.15, -0.1) is 0 Å². The number of nitrogens with two attached hydrogens (primary N) is 1. The van der Waals surface area contributed by atoms with Gasteiger partial charge in [0.05, 0.1) is 22.6 Å². The molecule has 0 aliphatic carbocycles. The summed E-state index contributed by atoms with van der Waals surface area (Å²) in [6, 6.07) is 2.32. The van der Waals surface area contributed by atoms with Crippen molar-refractivity contribution in [1.29, 1.82) is 0 Å². The first-order chi connectivity index (χ1) is 9.43. The number of nitrogens with zero attached hydrogens (tertiary/aromatic N) is 2. The summed E-state index contributed by atoms with van der Waals surface area (Å²) in [6.07, 6.45) is 1.40. The summed E-state index contributed by atoms with van der Waals surface area (Å²) < 4.78 is 15.0. The molecule has 1 heterocycles. The molecule has 3 N–H and O–H groups in total. The number of hydrogen-bond donors (Lipinski definition) is 2. The molecule has 0 bridgehead atoms. The SMILES string of the molecule is CCn1ncc(N)c1C(=O)Nc1c(Cl)cc(F)cc1Br. The first kappa shape index (κ1) is 14.8. The molecule has 5 nitrogen and oxygen atoms in total. The van der Waals surface area contributed by atoms with Crippen LogP contribution in [0.1, 0.15) is 17.4 Å². The van der Waals surface area contributed by atoms with E-state index in [1.54, 1.807) is 0 Å². The number of nitrogen functional groups attached to an aromatic ring is 1. The highest BCUT2D eigenvalue weighted by Gasteiger charge is 2.19. The van der Waals surface area contributed by atoms with Crippen molar-refractivity contribution in [2.45, 2.75) is 13.5 Å². The van der Waals surface area contributed by atoms with Crippen molar-refractivity contribution >= 4 is 44.8 Å². The lowest BCUT2D eigenvalue weighted by Crippen LogP contribution is -2.19. The largest absolute Gasteiger partial charge is 0.396 e. The average Bonchev–Trinajstić information content (AvgIpc) is 2.74. The highest BCUT2D eigenvalue weighted by molar-refractivity contribution is 9.10. The summed E-state index contributed by atoms with van der Waals surface area (Å²) >= 11 is 9.07. The van der Waals surface area contributed by atoms with Crippen molar-refractivity contribution in [3.8, 4) is 0 Å². The van der Waals surface area contributed by atoms with Gasteiger partial charge in [0.25, 0.3) is 5.91 Å². The second-order valence-electron chi connectivity index (χ2n) is 3.96. The molecule has 0 aliphatic heterocycles. The molecule has 0 unspecified atom stereocenters. The summed E-state index contributed by atoms with van der Waals surface area (Å²) in [6.45, 7) is 2.34. The first-order valence-electron chi connectivity index (χ1n) is 5.71. The third-order valence-corrected chi connectivity index (χ3v) is 3.55. The number of aryl methyl sites for hydroxylation is 1. The standard InChI is InChI=1S/C12H11BrClFN4O/c1-2-19-11(9(16)5-17-19)12(20)18-10-7(13)3-6(15)4-8(10)14/h3-5H,2,16H2,1H3,(H,18,20). The molecule has 1 amide bonds. The van der Waals surface area contributed by atoms with Gasteiger partial charge < -0.3 is 11.1 Å². The van der Waals surface area contributed by atoms with Crippen LogP contribution in [0, 0.1) is 5.82 Å². The van der Waals surface area contributed by atoms with Crippen LogP contribution in [0.5, 0.6) is 0 Å². The summed E-state index contributed by atoms with van der Waals surface area (Å²) in [4.78, 5) is 12.2. The van der Waals surface area contributed by atoms with E-state index in [4.69, 9.17) is 17.3 Å². The lowest BCUT2D eigenvalue weighted by atomic mass is 10.3. The van der Waals surface area contributed by atoms with Crippen molar-refractivity contribution in [2.75, 3.05) is 11.1 Å². The van der Waals surface area contributed by atoms with Gasteiger partial charge in [0, 0.05) is 11.0 Å². The van der Waals surface area contributed by atoms with E-state index in [1.807, 2.05) is 6.92 Å². The van der Waals surface area contributed by atoms with E-state index < -0.39 is 11.7 Å². The Kier molecular flexibility index (Phi) is 4.29. The van der Waals surface area contributed by atoms with E-state index in [-0.39, 0.29) is 22.1 Å². The molecule has 20 heavy (non-hydrogen) atoms. The fourth-order valence-electron chi connectivity index (χ4n) is 1.72. The quantitative estimate of drug-likeness (QED) is 0.881. The Morgan fingerprint density at radius 1 is 1.60 bits per heavy atom. The van der Waals surface area contributed by atoms with E-state index in [2.05, 4.69) is 26.3 Å². The number of halogens is 3. The zero-order chi connectivity index (χ0) is 14.9. The van der Waals surface area contributed by atoms with Crippen LogP contribution < -0.4 is 11.1 Å². The highest BCUT2D eigenvalue weighted by Crippen LogP contribution is 2.32. The van der Waals surface area contributed by atoms with Crippen LogP contribution >= 0.6 is 27.5 Å². The monoisotopic (exact) mass is 360 g/mol. The fraction of sp³-hybridized carbons (Fsp3) is 0.167. The van der Waals surface area contributed by atoms with Crippen LogP contribution in [-0.2, 0) is 6.54 Å². The topological polar surface area (TPSA) is 72.9 Å². The first-order valence-corrected chi connectivity index (χ1v) is 6.88. The molecule has 106 valence electrons. The molecule has 1 aromatic heterocycles. The van der Waals surface area contributed by atoms with Gasteiger partial charge >= 0.3 is 0 Å². The third kappa shape index (κ3) is 2.78. The Morgan fingerprint density at radius 3 is 2.90 bits per heavy atom. The molecule has 0 fully saturated rings. The summed E-state index contributed by atoms with van der Waals surface area (Å²) in [5.74, 6) is -0.964. The van der Waals surface area contributed by atoms with Gasteiger partial charge in [-0.2, -0.15) is 5.10 Å². The van der Waals surface area contributed by atoms with Gasteiger partial charge in [-0.3, -0.25) is 9.48 Å². The molecule has 1 aromatic carbocycles. The molecule has 0 saturated carbocycles. The maximum Gasteiger partial charge on any atom is 0.276 e. The van der Waals surface area contributed by atoms with Crippen LogP contribution in [0.2, 0.25) is 5.02 Å². The zero-order valence-electron chi connectivity index (χ0n) is 10.5. The maximum atomic E-state index is 13.1. The fourth-order valence-corrected chi connectivity index (χ4v) is 2.62. The van der Waals surface area contributed by atoms with Crippen molar-refractivity contribution in [3.63, 3.8) is 0 Å². The molecular formula is C12H11BrClFN4O. The number of benzene rings is 1.